The Morgan fingerprint density at radius 2 is 2.55 bits per heavy atom. The van der Waals surface area contributed by atoms with E-state index >= 15 is 0 Å². The van der Waals surface area contributed by atoms with Crippen LogP contribution in [0.3, 0.4) is 0 Å². The van der Waals surface area contributed by atoms with E-state index in [1.807, 2.05) is 0 Å². The van der Waals surface area contributed by atoms with Gasteiger partial charge in [-0.2, -0.15) is 0 Å². The number of hydrogen-bond acceptors (Lipinski definition) is 6. The quantitative estimate of drug-likeness (QED) is 0.540. The second-order valence-electron chi connectivity index (χ2n) is 1.52. The minimum Gasteiger partial charge on any atom is -0.437 e. The Bertz CT molecular complexity index is 260. The summed E-state index contributed by atoms with van der Waals surface area (Å²) in [6.45, 7) is 0. The van der Waals surface area contributed by atoms with Crippen LogP contribution < -0.4 is 4.74 Å². The molecule has 0 unspecified atom stereocenters. The van der Waals surface area contributed by atoms with Crippen molar-refractivity contribution in [1.29, 1.82) is 0 Å². The third kappa shape index (κ3) is 2.09. The van der Waals surface area contributed by atoms with Crippen LogP contribution in [0.4, 0.5) is 4.79 Å². The van der Waals surface area contributed by atoms with Crippen molar-refractivity contribution in [3.8, 4) is 5.88 Å². The number of carbonyl (C=O) groups excluding carboxylic acids is 1. The lowest BCUT2D eigenvalue weighted by molar-refractivity contribution is 0.119. The Morgan fingerprint density at radius 3 is 3.00 bits per heavy atom. The molecule has 1 heterocycles. The maximum atomic E-state index is 10.5. The van der Waals surface area contributed by atoms with Crippen molar-refractivity contribution < 1.29 is 14.3 Å². The van der Waals surface area contributed by atoms with Crippen molar-refractivity contribution in [3.63, 3.8) is 0 Å². The highest BCUT2D eigenvalue weighted by atomic mass is 32.2. The van der Waals surface area contributed by atoms with Gasteiger partial charge < -0.3 is 9.47 Å². The zero-order valence-electron chi connectivity index (χ0n) is 5.60. The van der Waals surface area contributed by atoms with Crippen LogP contribution in [0, 0.1) is 0 Å². The lowest BCUT2D eigenvalue weighted by Crippen LogP contribution is -2.07. The number of hydrogen-bond donors (Lipinski definition) is 1. The molecule has 0 aliphatic carbocycles. The molecule has 1 rings (SSSR count). The van der Waals surface area contributed by atoms with Crippen LogP contribution in [0.2, 0.25) is 0 Å². The van der Waals surface area contributed by atoms with E-state index in [4.69, 9.17) is 0 Å². The van der Waals surface area contributed by atoms with Crippen LogP contribution in [-0.2, 0) is 4.74 Å². The van der Waals surface area contributed by atoms with E-state index in [9.17, 15) is 4.79 Å². The number of rotatable bonds is 1. The van der Waals surface area contributed by atoms with Crippen LogP contribution in [0.1, 0.15) is 0 Å². The first-order valence-corrected chi connectivity index (χ1v) is 3.95. The van der Waals surface area contributed by atoms with Gasteiger partial charge in [-0.15, -0.1) is 24.0 Å². The summed E-state index contributed by atoms with van der Waals surface area (Å²) < 4.78 is 9.40. The molecule has 11 heavy (non-hydrogen) atoms. The Morgan fingerprint density at radius 1 is 1.82 bits per heavy atom. The number of methoxy groups -OCH3 is 1. The lowest BCUT2D eigenvalue weighted by atomic mass is 10.9. The van der Waals surface area contributed by atoms with Crippen molar-refractivity contribution in [3.05, 3.63) is 5.51 Å². The minimum atomic E-state index is -0.786. The Balaban J connectivity index is 2.64. The van der Waals surface area contributed by atoms with E-state index in [1.165, 1.54) is 24.0 Å². The first kappa shape index (κ1) is 8.35. The summed E-state index contributed by atoms with van der Waals surface area (Å²) in [5.41, 5.74) is 1.53. The SMILES string of the molecule is COC(=O)Oc1ncsc1S. The molecule has 0 aliphatic heterocycles. The summed E-state index contributed by atoms with van der Waals surface area (Å²) in [7, 11) is 1.23. The van der Waals surface area contributed by atoms with E-state index < -0.39 is 6.16 Å². The molecule has 0 aliphatic rings. The maximum Gasteiger partial charge on any atom is 0.514 e. The topological polar surface area (TPSA) is 48.4 Å². The van der Waals surface area contributed by atoms with Crippen molar-refractivity contribution in [2.75, 3.05) is 7.11 Å². The second-order valence-corrected chi connectivity index (χ2v) is 3.12. The molecule has 60 valence electrons. The fraction of sp³-hybridized carbons (Fsp3) is 0.200. The molecule has 0 saturated carbocycles. The van der Waals surface area contributed by atoms with Gasteiger partial charge in [0, 0.05) is 0 Å². The minimum absolute atomic E-state index is 0.185. The largest absolute Gasteiger partial charge is 0.514 e. The molecular formula is C5H5NO3S2. The van der Waals surface area contributed by atoms with Crippen molar-refractivity contribution >= 4 is 30.1 Å². The Kier molecular flexibility index (Phi) is 2.72. The van der Waals surface area contributed by atoms with Gasteiger partial charge >= 0.3 is 6.16 Å². The fourth-order valence-corrected chi connectivity index (χ4v) is 1.11. The standard InChI is InChI=1S/C5H5NO3S2/c1-8-5(7)9-3-4(10)11-2-6-3/h2,10H,1H3. The average Bonchev–Trinajstić information content (AvgIpc) is 2.37. The molecule has 0 saturated heterocycles. The summed E-state index contributed by atoms with van der Waals surface area (Å²) in [6.07, 6.45) is -0.786. The van der Waals surface area contributed by atoms with E-state index in [0.29, 0.717) is 4.21 Å². The van der Waals surface area contributed by atoms with Gasteiger partial charge in [0.25, 0.3) is 5.88 Å². The molecule has 1 aromatic rings. The number of carbonyl (C=O) groups is 1. The van der Waals surface area contributed by atoms with Gasteiger partial charge in [0.15, 0.2) is 0 Å². The van der Waals surface area contributed by atoms with Gasteiger partial charge in [0.2, 0.25) is 0 Å². The summed E-state index contributed by atoms with van der Waals surface area (Å²) in [4.78, 5) is 14.2. The van der Waals surface area contributed by atoms with E-state index in [0.717, 1.165) is 0 Å². The lowest BCUT2D eigenvalue weighted by Gasteiger charge is -1.97. The first-order valence-electron chi connectivity index (χ1n) is 2.62. The molecule has 0 N–H and O–H groups in total. The molecule has 1 aromatic heterocycles. The Labute approximate surface area is 72.6 Å². The molecule has 0 atom stereocenters. The van der Waals surface area contributed by atoms with Crippen LogP contribution in [0.5, 0.6) is 5.88 Å². The number of thiazole rings is 1. The molecule has 0 aromatic carbocycles. The van der Waals surface area contributed by atoms with Crippen molar-refractivity contribution in [2.45, 2.75) is 4.21 Å². The zero-order chi connectivity index (χ0) is 8.27. The molecule has 0 spiro atoms. The Hall–Kier alpha value is -0.750. The van der Waals surface area contributed by atoms with E-state index in [2.05, 4.69) is 27.1 Å². The third-order valence-corrected chi connectivity index (χ3v) is 1.98. The third-order valence-electron chi connectivity index (χ3n) is 0.864. The highest BCUT2D eigenvalue weighted by Crippen LogP contribution is 2.24. The van der Waals surface area contributed by atoms with E-state index in [1.54, 1.807) is 0 Å². The number of nitrogens with zero attached hydrogens (tertiary/aromatic N) is 1. The second kappa shape index (κ2) is 3.59. The van der Waals surface area contributed by atoms with Gasteiger partial charge in [-0.1, -0.05) is 0 Å². The molecule has 0 radical (unpaired) electrons. The summed E-state index contributed by atoms with van der Waals surface area (Å²) in [5, 5.41) is 0. The van der Waals surface area contributed by atoms with Crippen LogP contribution >= 0.6 is 24.0 Å². The number of thiol groups is 1. The van der Waals surface area contributed by atoms with Gasteiger partial charge in [-0.05, 0) is 0 Å². The number of aromatic nitrogens is 1. The molecule has 0 fully saturated rings. The molecular weight excluding hydrogens is 186 g/mol. The van der Waals surface area contributed by atoms with Crippen LogP contribution in [-0.4, -0.2) is 18.2 Å². The van der Waals surface area contributed by atoms with E-state index in [-0.39, 0.29) is 5.88 Å². The van der Waals surface area contributed by atoms with Crippen LogP contribution in [0.25, 0.3) is 0 Å². The predicted molar refractivity (Wildman–Crippen MR) is 42.4 cm³/mol. The van der Waals surface area contributed by atoms with Gasteiger partial charge in [-0.3, -0.25) is 0 Å². The van der Waals surface area contributed by atoms with Crippen molar-refractivity contribution in [2.24, 2.45) is 0 Å². The predicted octanol–water partition coefficient (Wildman–Crippen LogP) is 1.58. The van der Waals surface area contributed by atoms with Gasteiger partial charge in [-0.25, -0.2) is 9.78 Å². The highest BCUT2D eigenvalue weighted by molar-refractivity contribution is 7.83. The maximum absolute atomic E-state index is 10.5. The summed E-state index contributed by atoms with van der Waals surface area (Å²) in [6, 6.07) is 0. The first-order chi connectivity index (χ1) is 5.24. The number of ether oxygens (including phenoxy) is 2. The zero-order valence-corrected chi connectivity index (χ0v) is 7.32. The summed E-state index contributed by atoms with van der Waals surface area (Å²) in [5.74, 6) is 0.185. The van der Waals surface area contributed by atoms with Gasteiger partial charge in [0.05, 0.1) is 12.6 Å². The molecule has 0 bridgehead atoms. The van der Waals surface area contributed by atoms with Crippen molar-refractivity contribution in [1.82, 2.24) is 4.98 Å². The average molecular weight is 191 g/mol. The monoisotopic (exact) mass is 191 g/mol. The smallest absolute Gasteiger partial charge is 0.437 e. The highest BCUT2D eigenvalue weighted by Gasteiger charge is 2.08. The molecule has 0 amide bonds. The normalized spacial score (nSPS) is 9.27. The van der Waals surface area contributed by atoms with Crippen LogP contribution in [0.15, 0.2) is 9.72 Å². The van der Waals surface area contributed by atoms with Gasteiger partial charge in [0.1, 0.15) is 4.21 Å². The summed E-state index contributed by atoms with van der Waals surface area (Å²) >= 11 is 5.26. The fourth-order valence-electron chi connectivity index (χ4n) is 0.420. The molecule has 4 nitrogen and oxygen atoms in total. The molecule has 6 heteroatoms.